The lowest BCUT2D eigenvalue weighted by molar-refractivity contribution is -0.133. The smallest absolute Gasteiger partial charge is 0.222 e. The lowest BCUT2D eigenvalue weighted by atomic mass is 9.93. The SMILES string of the molecule is CCNC1CCN(C(=O)CCC(C)C)CC1C. The predicted octanol–water partition coefficient (Wildman–Crippen LogP) is 2.27. The normalized spacial score (nSPS) is 25.4. The molecule has 0 bridgehead atoms. The van der Waals surface area contributed by atoms with Crippen molar-refractivity contribution in [1.29, 1.82) is 0 Å². The first kappa shape index (κ1) is 14.5. The molecule has 100 valence electrons. The lowest BCUT2D eigenvalue weighted by Gasteiger charge is -2.37. The molecule has 17 heavy (non-hydrogen) atoms. The van der Waals surface area contributed by atoms with Crippen LogP contribution < -0.4 is 5.32 Å². The Morgan fingerprint density at radius 1 is 1.47 bits per heavy atom. The molecule has 1 amide bonds. The molecule has 1 rings (SSSR count). The molecular weight excluding hydrogens is 212 g/mol. The van der Waals surface area contributed by atoms with E-state index < -0.39 is 0 Å². The van der Waals surface area contributed by atoms with E-state index in [1.54, 1.807) is 0 Å². The maximum Gasteiger partial charge on any atom is 0.222 e. The van der Waals surface area contributed by atoms with E-state index in [-0.39, 0.29) is 0 Å². The number of carbonyl (C=O) groups excluding carboxylic acids is 1. The quantitative estimate of drug-likeness (QED) is 0.799. The largest absolute Gasteiger partial charge is 0.342 e. The number of hydrogen-bond acceptors (Lipinski definition) is 2. The van der Waals surface area contributed by atoms with Crippen LogP contribution in [0, 0.1) is 11.8 Å². The van der Waals surface area contributed by atoms with Crippen molar-refractivity contribution >= 4 is 5.91 Å². The Balaban J connectivity index is 2.35. The van der Waals surface area contributed by atoms with Crippen LogP contribution in [0.4, 0.5) is 0 Å². The van der Waals surface area contributed by atoms with Crippen molar-refractivity contribution < 1.29 is 4.79 Å². The van der Waals surface area contributed by atoms with Gasteiger partial charge in [0, 0.05) is 25.6 Å². The van der Waals surface area contributed by atoms with Crippen LogP contribution in [0.1, 0.15) is 47.0 Å². The van der Waals surface area contributed by atoms with Crippen LogP contribution in [0.2, 0.25) is 0 Å². The van der Waals surface area contributed by atoms with Crippen molar-refractivity contribution in [1.82, 2.24) is 10.2 Å². The Bertz CT molecular complexity index is 240. The summed E-state index contributed by atoms with van der Waals surface area (Å²) in [6, 6.07) is 0.592. The van der Waals surface area contributed by atoms with Crippen molar-refractivity contribution in [3.63, 3.8) is 0 Å². The van der Waals surface area contributed by atoms with Gasteiger partial charge in [0.2, 0.25) is 5.91 Å². The highest BCUT2D eigenvalue weighted by molar-refractivity contribution is 5.76. The maximum atomic E-state index is 12.0. The topological polar surface area (TPSA) is 32.3 Å². The minimum absolute atomic E-state index is 0.348. The minimum Gasteiger partial charge on any atom is -0.342 e. The second-order valence-electron chi connectivity index (χ2n) is 5.70. The molecule has 0 saturated carbocycles. The molecule has 1 fully saturated rings. The van der Waals surface area contributed by atoms with Crippen LogP contribution in [0.25, 0.3) is 0 Å². The van der Waals surface area contributed by atoms with Gasteiger partial charge in [0.15, 0.2) is 0 Å². The van der Waals surface area contributed by atoms with E-state index in [0.717, 1.165) is 38.9 Å². The summed E-state index contributed by atoms with van der Waals surface area (Å²) in [6.07, 6.45) is 2.83. The molecule has 0 aliphatic carbocycles. The van der Waals surface area contributed by atoms with Gasteiger partial charge in [-0.05, 0) is 31.2 Å². The second kappa shape index (κ2) is 7.00. The molecule has 0 radical (unpaired) electrons. The van der Waals surface area contributed by atoms with Crippen molar-refractivity contribution in [3.8, 4) is 0 Å². The van der Waals surface area contributed by atoms with E-state index in [2.05, 4.69) is 37.9 Å². The molecule has 1 N–H and O–H groups in total. The summed E-state index contributed by atoms with van der Waals surface area (Å²) in [7, 11) is 0. The molecule has 1 aliphatic heterocycles. The summed E-state index contributed by atoms with van der Waals surface area (Å²) >= 11 is 0. The fraction of sp³-hybridized carbons (Fsp3) is 0.929. The zero-order chi connectivity index (χ0) is 12.8. The van der Waals surface area contributed by atoms with Gasteiger partial charge < -0.3 is 10.2 Å². The third-order valence-electron chi connectivity index (χ3n) is 3.66. The van der Waals surface area contributed by atoms with Gasteiger partial charge in [-0.2, -0.15) is 0 Å². The first-order valence-corrected chi connectivity index (χ1v) is 7.05. The van der Waals surface area contributed by atoms with Crippen molar-refractivity contribution in [2.24, 2.45) is 11.8 Å². The summed E-state index contributed by atoms with van der Waals surface area (Å²) in [6.45, 7) is 11.6. The third kappa shape index (κ3) is 4.66. The lowest BCUT2D eigenvalue weighted by Crippen LogP contribution is -2.50. The molecule has 1 saturated heterocycles. The van der Waals surface area contributed by atoms with E-state index in [0.29, 0.717) is 23.8 Å². The Morgan fingerprint density at radius 2 is 2.18 bits per heavy atom. The first-order valence-electron chi connectivity index (χ1n) is 7.05. The molecule has 1 heterocycles. The van der Waals surface area contributed by atoms with Gasteiger partial charge in [0.25, 0.3) is 0 Å². The molecular formula is C14H28N2O. The minimum atomic E-state index is 0.348. The zero-order valence-corrected chi connectivity index (χ0v) is 11.8. The van der Waals surface area contributed by atoms with Crippen LogP contribution in [0.3, 0.4) is 0 Å². The number of hydrogen-bond donors (Lipinski definition) is 1. The molecule has 0 aromatic rings. The molecule has 3 nitrogen and oxygen atoms in total. The molecule has 3 heteroatoms. The third-order valence-corrected chi connectivity index (χ3v) is 3.66. The maximum absolute atomic E-state index is 12.0. The number of nitrogens with one attached hydrogen (secondary N) is 1. The van der Waals surface area contributed by atoms with Gasteiger partial charge >= 0.3 is 0 Å². The fourth-order valence-corrected chi connectivity index (χ4v) is 2.51. The van der Waals surface area contributed by atoms with Crippen LogP contribution in [-0.2, 0) is 4.79 Å². The molecule has 1 aliphatic rings. The highest BCUT2D eigenvalue weighted by Crippen LogP contribution is 2.18. The fourth-order valence-electron chi connectivity index (χ4n) is 2.51. The summed E-state index contributed by atoms with van der Waals surface area (Å²) in [5.41, 5.74) is 0. The number of piperidine rings is 1. The van der Waals surface area contributed by atoms with Crippen LogP contribution in [-0.4, -0.2) is 36.5 Å². The second-order valence-corrected chi connectivity index (χ2v) is 5.70. The highest BCUT2D eigenvalue weighted by Gasteiger charge is 2.27. The highest BCUT2D eigenvalue weighted by atomic mass is 16.2. The van der Waals surface area contributed by atoms with Gasteiger partial charge in [-0.15, -0.1) is 0 Å². The van der Waals surface area contributed by atoms with Gasteiger partial charge in [-0.3, -0.25) is 4.79 Å². The number of likely N-dealkylation sites (tertiary alicyclic amines) is 1. The number of rotatable bonds is 5. The summed E-state index contributed by atoms with van der Waals surface area (Å²) in [5.74, 6) is 1.54. The number of amides is 1. The molecule has 0 aromatic heterocycles. The van der Waals surface area contributed by atoms with E-state index in [4.69, 9.17) is 0 Å². The van der Waals surface area contributed by atoms with Crippen LogP contribution in [0.15, 0.2) is 0 Å². The summed E-state index contributed by atoms with van der Waals surface area (Å²) in [5, 5.41) is 3.51. The number of nitrogens with zero attached hydrogens (tertiary/aromatic N) is 1. The van der Waals surface area contributed by atoms with Crippen molar-refractivity contribution in [2.75, 3.05) is 19.6 Å². The van der Waals surface area contributed by atoms with E-state index in [1.807, 2.05) is 0 Å². The van der Waals surface area contributed by atoms with Crippen LogP contribution >= 0.6 is 0 Å². The molecule has 0 spiro atoms. The van der Waals surface area contributed by atoms with Crippen molar-refractivity contribution in [3.05, 3.63) is 0 Å². The predicted molar refractivity (Wildman–Crippen MR) is 71.9 cm³/mol. The molecule has 2 atom stereocenters. The zero-order valence-electron chi connectivity index (χ0n) is 11.8. The average Bonchev–Trinajstić information content (AvgIpc) is 2.28. The standard InChI is InChI=1S/C14H28N2O/c1-5-15-13-8-9-16(10-12(13)4)14(17)7-6-11(2)3/h11-13,15H,5-10H2,1-4H3. The van der Waals surface area contributed by atoms with E-state index >= 15 is 0 Å². The molecule has 0 aromatic carbocycles. The van der Waals surface area contributed by atoms with Gasteiger partial charge in [-0.25, -0.2) is 0 Å². The Labute approximate surface area is 106 Å². The first-order chi connectivity index (χ1) is 8.04. The number of carbonyl (C=O) groups is 1. The van der Waals surface area contributed by atoms with Crippen LogP contribution in [0.5, 0.6) is 0 Å². The van der Waals surface area contributed by atoms with Gasteiger partial charge in [0.1, 0.15) is 0 Å². The van der Waals surface area contributed by atoms with Gasteiger partial charge in [0.05, 0.1) is 0 Å². The Morgan fingerprint density at radius 3 is 2.71 bits per heavy atom. The Hall–Kier alpha value is -0.570. The Kier molecular flexibility index (Phi) is 5.96. The molecule has 2 unspecified atom stereocenters. The monoisotopic (exact) mass is 240 g/mol. The van der Waals surface area contributed by atoms with Gasteiger partial charge in [-0.1, -0.05) is 27.7 Å². The van der Waals surface area contributed by atoms with Crippen molar-refractivity contribution in [2.45, 2.75) is 53.0 Å². The summed E-state index contributed by atoms with van der Waals surface area (Å²) < 4.78 is 0. The van der Waals surface area contributed by atoms with E-state index in [9.17, 15) is 4.79 Å². The van der Waals surface area contributed by atoms with E-state index in [1.165, 1.54) is 0 Å². The average molecular weight is 240 g/mol. The summed E-state index contributed by atoms with van der Waals surface area (Å²) in [4.78, 5) is 14.1.